The second-order valence-electron chi connectivity index (χ2n) is 13.3. The Morgan fingerprint density at radius 2 is 1.52 bits per heavy atom. The lowest BCUT2D eigenvalue weighted by atomic mass is 9.62. The first-order valence-corrected chi connectivity index (χ1v) is 17.4. The highest BCUT2D eigenvalue weighted by Gasteiger charge is 2.49. The molecule has 0 bridgehead atoms. The van der Waals surface area contributed by atoms with Gasteiger partial charge >= 0.3 is 0 Å². The van der Waals surface area contributed by atoms with Crippen molar-refractivity contribution in [2.45, 2.75) is 51.9 Å². The van der Waals surface area contributed by atoms with Gasteiger partial charge in [-0.15, -0.1) is 0 Å². The molecule has 0 saturated carbocycles. The Morgan fingerprint density at radius 1 is 0.833 bits per heavy atom. The van der Waals surface area contributed by atoms with Crippen LogP contribution in [0.5, 0.6) is 5.75 Å². The monoisotopic (exact) mass is 640 g/mol. The van der Waals surface area contributed by atoms with Crippen molar-refractivity contribution >= 4 is 11.6 Å². The number of hydrogen-bond acceptors (Lipinski definition) is 4. The Kier molecular flexibility index (Phi) is 10.3. The molecule has 3 unspecified atom stereocenters. The molecule has 2 aliphatic rings. The molecule has 0 spiro atoms. The molecule has 4 aromatic rings. The SMILES string of the molecule is CCC(C)C(=Cc1ccc2c(c1)C(c1ccc(OCCO)cc1)(C1C=CC(OCCO)=CC1)c1cc(C(C)C)ccc1-2)c1ccccc1. The number of allylic oxidation sites excluding steroid dienone is 4. The molecule has 4 nitrogen and oxygen atoms in total. The zero-order valence-electron chi connectivity index (χ0n) is 28.7. The average molecular weight is 641 g/mol. The zero-order chi connectivity index (χ0) is 33.7. The molecule has 0 aromatic heterocycles. The molecule has 3 atom stereocenters. The van der Waals surface area contributed by atoms with E-state index in [1.54, 1.807) is 0 Å². The highest BCUT2D eigenvalue weighted by Crippen LogP contribution is 2.59. The van der Waals surface area contributed by atoms with Crippen LogP contribution in [0.3, 0.4) is 0 Å². The summed E-state index contributed by atoms with van der Waals surface area (Å²) in [7, 11) is 0. The van der Waals surface area contributed by atoms with Gasteiger partial charge in [0.25, 0.3) is 0 Å². The van der Waals surface area contributed by atoms with Crippen LogP contribution in [0.15, 0.2) is 115 Å². The van der Waals surface area contributed by atoms with E-state index in [4.69, 9.17) is 9.47 Å². The predicted molar refractivity (Wildman–Crippen MR) is 197 cm³/mol. The van der Waals surface area contributed by atoms with Crippen molar-refractivity contribution in [3.8, 4) is 16.9 Å². The van der Waals surface area contributed by atoms with Crippen molar-refractivity contribution in [3.63, 3.8) is 0 Å². The van der Waals surface area contributed by atoms with Crippen molar-refractivity contribution < 1.29 is 19.7 Å². The number of benzene rings is 4. The fourth-order valence-electron chi connectivity index (χ4n) is 7.47. The minimum absolute atomic E-state index is 0.0140. The van der Waals surface area contributed by atoms with Crippen molar-refractivity contribution in [2.24, 2.45) is 11.8 Å². The predicted octanol–water partition coefficient (Wildman–Crippen LogP) is 9.55. The molecule has 2 N–H and O–H groups in total. The first-order chi connectivity index (χ1) is 23.4. The summed E-state index contributed by atoms with van der Waals surface area (Å²) in [6.07, 6.45) is 10.8. The van der Waals surface area contributed by atoms with E-state index in [-0.39, 0.29) is 32.3 Å². The lowest BCUT2D eigenvalue weighted by Crippen LogP contribution is -2.36. The molecule has 0 saturated heterocycles. The maximum absolute atomic E-state index is 9.38. The van der Waals surface area contributed by atoms with Gasteiger partial charge in [0.1, 0.15) is 24.7 Å². The summed E-state index contributed by atoms with van der Waals surface area (Å²) in [4.78, 5) is 0. The molecule has 2 aliphatic carbocycles. The third-order valence-corrected chi connectivity index (χ3v) is 10.1. The molecule has 0 aliphatic heterocycles. The molecule has 4 heteroatoms. The van der Waals surface area contributed by atoms with Gasteiger partial charge < -0.3 is 19.7 Å². The van der Waals surface area contributed by atoms with Crippen molar-refractivity contribution in [1.29, 1.82) is 0 Å². The van der Waals surface area contributed by atoms with Crippen LogP contribution in [0.25, 0.3) is 22.8 Å². The van der Waals surface area contributed by atoms with E-state index >= 15 is 0 Å². The van der Waals surface area contributed by atoms with Crippen LogP contribution >= 0.6 is 0 Å². The summed E-state index contributed by atoms with van der Waals surface area (Å²) in [6, 6.07) is 33.3. The summed E-state index contributed by atoms with van der Waals surface area (Å²) in [5, 5.41) is 18.8. The summed E-state index contributed by atoms with van der Waals surface area (Å²) < 4.78 is 11.7. The van der Waals surface area contributed by atoms with Crippen LogP contribution in [0.2, 0.25) is 0 Å². The van der Waals surface area contributed by atoms with Gasteiger partial charge in [0.15, 0.2) is 0 Å². The highest BCUT2D eigenvalue weighted by molar-refractivity contribution is 5.88. The van der Waals surface area contributed by atoms with E-state index in [0.717, 1.165) is 24.4 Å². The van der Waals surface area contributed by atoms with E-state index in [9.17, 15) is 10.2 Å². The number of hydrogen-bond donors (Lipinski definition) is 2. The molecular weight excluding hydrogens is 592 g/mol. The van der Waals surface area contributed by atoms with Gasteiger partial charge in [0.05, 0.1) is 18.6 Å². The third-order valence-electron chi connectivity index (χ3n) is 10.1. The second-order valence-corrected chi connectivity index (χ2v) is 13.3. The fourth-order valence-corrected chi connectivity index (χ4v) is 7.47. The Balaban J connectivity index is 1.59. The standard InChI is InChI=1S/C44H48O4/c1-5-31(4)41(33-9-7-6-8-10-33)27-32-11-21-39-40-22-12-34(30(2)3)29-43(40)44(42(39)28-32,35-13-17-37(18-14-35)47-25-23-45)36-15-19-38(20-16-36)48-26-24-46/h6-15,17-22,27-31,36,45-46H,5,16,23-26H2,1-4H3. The topological polar surface area (TPSA) is 58.9 Å². The van der Waals surface area contributed by atoms with Crippen LogP contribution in [-0.4, -0.2) is 36.6 Å². The minimum Gasteiger partial charge on any atom is -0.492 e. The quantitative estimate of drug-likeness (QED) is 0.143. The lowest BCUT2D eigenvalue weighted by molar-refractivity contribution is 0.150. The van der Waals surface area contributed by atoms with Gasteiger partial charge in [-0.2, -0.15) is 0 Å². The van der Waals surface area contributed by atoms with Crippen LogP contribution in [0, 0.1) is 11.8 Å². The summed E-state index contributed by atoms with van der Waals surface area (Å²) in [6.45, 7) is 9.59. The van der Waals surface area contributed by atoms with E-state index in [1.807, 2.05) is 12.1 Å². The van der Waals surface area contributed by atoms with Gasteiger partial charge in [-0.1, -0.05) is 113 Å². The molecule has 48 heavy (non-hydrogen) atoms. The van der Waals surface area contributed by atoms with Gasteiger partial charge in [-0.05, 0) is 111 Å². The first-order valence-electron chi connectivity index (χ1n) is 17.4. The Bertz CT molecular complexity index is 1800. The molecule has 0 radical (unpaired) electrons. The van der Waals surface area contributed by atoms with Crippen molar-refractivity contribution in [1.82, 2.24) is 0 Å². The Morgan fingerprint density at radius 3 is 2.17 bits per heavy atom. The summed E-state index contributed by atoms with van der Waals surface area (Å²) in [5.41, 5.74) is 11.0. The molecule has 248 valence electrons. The molecule has 0 heterocycles. The summed E-state index contributed by atoms with van der Waals surface area (Å²) >= 11 is 0. The largest absolute Gasteiger partial charge is 0.492 e. The van der Waals surface area contributed by atoms with Crippen LogP contribution in [0.4, 0.5) is 0 Å². The van der Waals surface area contributed by atoms with Gasteiger partial charge in [-0.3, -0.25) is 0 Å². The normalized spacial score (nSPS) is 19.1. The number of rotatable bonds is 13. The molecule has 0 fully saturated rings. The lowest BCUT2D eigenvalue weighted by Gasteiger charge is -2.40. The Hall–Kier alpha value is -4.38. The maximum atomic E-state index is 9.38. The van der Waals surface area contributed by atoms with Crippen LogP contribution < -0.4 is 4.74 Å². The number of ether oxygens (including phenoxy) is 2. The van der Waals surface area contributed by atoms with E-state index in [2.05, 4.69) is 131 Å². The molecule has 6 rings (SSSR count). The van der Waals surface area contributed by atoms with E-state index in [0.29, 0.717) is 11.8 Å². The number of aliphatic hydroxyl groups is 2. The highest BCUT2D eigenvalue weighted by atomic mass is 16.5. The van der Waals surface area contributed by atoms with Gasteiger partial charge in [0, 0.05) is 0 Å². The number of aliphatic hydroxyl groups excluding tert-OH is 2. The fraction of sp³-hybridized carbons (Fsp3) is 0.318. The van der Waals surface area contributed by atoms with Gasteiger partial charge in [0.2, 0.25) is 0 Å². The molecular formula is C44H48O4. The first kappa shape index (κ1) is 33.5. The van der Waals surface area contributed by atoms with Crippen molar-refractivity contribution in [3.05, 3.63) is 148 Å². The van der Waals surface area contributed by atoms with Crippen LogP contribution in [0.1, 0.15) is 79.8 Å². The second kappa shape index (κ2) is 14.8. The Labute approximate surface area is 286 Å². The minimum atomic E-state index is -0.478. The average Bonchev–Trinajstić information content (AvgIpc) is 3.42. The third kappa shape index (κ3) is 6.40. The molecule has 4 aromatic carbocycles. The van der Waals surface area contributed by atoms with E-state index in [1.165, 1.54) is 50.1 Å². The maximum Gasteiger partial charge on any atom is 0.119 e. The zero-order valence-corrected chi connectivity index (χ0v) is 28.7. The molecule has 0 amide bonds. The van der Waals surface area contributed by atoms with Gasteiger partial charge in [-0.25, -0.2) is 0 Å². The summed E-state index contributed by atoms with van der Waals surface area (Å²) in [5.74, 6) is 2.44. The van der Waals surface area contributed by atoms with Crippen LogP contribution in [-0.2, 0) is 10.2 Å². The smallest absolute Gasteiger partial charge is 0.119 e. The van der Waals surface area contributed by atoms with Crippen molar-refractivity contribution in [2.75, 3.05) is 26.4 Å². The number of fused-ring (bicyclic) bond motifs is 3. The van der Waals surface area contributed by atoms with E-state index < -0.39 is 5.41 Å².